The molecule has 5 rings (SSSR count). The molecule has 2 aliphatic rings. The average molecular weight is 413 g/mol. The van der Waals surface area contributed by atoms with E-state index in [9.17, 15) is 5.11 Å². The van der Waals surface area contributed by atoms with E-state index >= 15 is 0 Å². The minimum Gasteiger partial charge on any atom is -0.390 e. The van der Waals surface area contributed by atoms with E-state index in [0.29, 0.717) is 17.0 Å². The number of fused-ring (bicyclic) bond motifs is 1. The first-order valence-electron chi connectivity index (χ1n) is 10.1. The van der Waals surface area contributed by atoms with Crippen LogP contribution in [-0.4, -0.2) is 43.5 Å². The minimum atomic E-state index is -0.595. The first-order valence-corrected chi connectivity index (χ1v) is 10.5. The second-order valence-corrected chi connectivity index (χ2v) is 8.89. The number of nitrogens with one attached hydrogen (secondary N) is 1. The van der Waals surface area contributed by atoms with Crippen molar-refractivity contribution < 1.29 is 5.11 Å². The van der Waals surface area contributed by atoms with Crippen LogP contribution >= 0.6 is 11.6 Å². The Bertz CT molecular complexity index is 1060. The fourth-order valence-corrected chi connectivity index (χ4v) is 4.22. The van der Waals surface area contributed by atoms with Gasteiger partial charge in [0.15, 0.2) is 0 Å². The predicted molar refractivity (Wildman–Crippen MR) is 115 cm³/mol. The molecule has 7 nitrogen and oxygen atoms in total. The molecule has 0 unspecified atom stereocenters. The predicted octanol–water partition coefficient (Wildman–Crippen LogP) is 4.22. The van der Waals surface area contributed by atoms with E-state index in [1.807, 2.05) is 25.3 Å². The molecule has 1 aliphatic heterocycles. The van der Waals surface area contributed by atoms with Gasteiger partial charge in [-0.2, -0.15) is 5.10 Å². The second kappa shape index (κ2) is 6.85. The van der Waals surface area contributed by atoms with Crippen molar-refractivity contribution in [3.63, 3.8) is 0 Å². The van der Waals surface area contributed by atoms with E-state index in [2.05, 4.69) is 31.9 Å². The van der Waals surface area contributed by atoms with Crippen LogP contribution in [0.25, 0.3) is 10.9 Å². The quantitative estimate of drug-likeness (QED) is 0.668. The van der Waals surface area contributed by atoms with Gasteiger partial charge in [0.2, 0.25) is 5.95 Å². The third-order valence-electron chi connectivity index (χ3n) is 6.01. The second-order valence-electron chi connectivity index (χ2n) is 8.48. The largest absolute Gasteiger partial charge is 0.390 e. The van der Waals surface area contributed by atoms with E-state index in [0.717, 1.165) is 53.9 Å². The highest BCUT2D eigenvalue weighted by Crippen LogP contribution is 2.37. The van der Waals surface area contributed by atoms with Crippen LogP contribution in [0.4, 0.5) is 17.3 Å². The molecule has 2 aromatic heterocycles. The van der Waals surface area contributed by atoms with Gasteiger partial charge in [-0.15, -0.1) is 0 Å². The van der Waals surface area contributed by atoms with Crippen molar-refractivity contribution in [1.82, 2.24) is 19.7 Å². The third kappa shape index (κ3) is 3.65. The Balaban J connectivity index is 1.42. The van der Waals surface area contributed by atoms with Crippen LogP contribution < -0.4 is 10.2 Å². The van der Waals surface area contributed by atoms with Crippen LogP contribution in [0.2, 0.25) is 5.02 Å². The zero-order valence-corrected chi connectivity index (χ0v) is 17.4. The molecule has 1 aromatic carbocycles. The monoisotopic (exact) mass is 412 g/mol. The molecule has 0 spiro atoms. The summed E-state index contributed by atoms with van der Waals surface area (Å²) in [6.07, 6.45) is 7.48. The van der Waals surface area contributed by atoms with Gasteiger partial charge in [0.25, 0.3) is 0 Å². The van der Waals surface area contributed by atoms with Crippen molar-refractivity contribution in [2.24, 2.45) is 0 Å². The summed E-state index contributed by atoms with van der Waals surface area (Å²) < 4.78 is 2.08. The van der Waals surface area contributed by atoms with Crippen molar-refractivity contribution in [2.75, 3.05) is 23.3 Å². The lowest BCUT2D eigenvalue weighted by molar-refractivity contribution is 0.0351. The van der Waals surface area contributed by atoms with E-state index < -0.39 is 5.60 Å². The summed E-state index contributed by atoms with van der Waals surface area (Å²) in [5.41, 5.74) is 3.24. The van der Waals surface area contributed by atoms with Crippen molar-refractivity contribution in [3.05, 3.63) is 35.2 Å². The summed E-state index contributed by atoms with van der Waals surface area (Å²) in [5, 5.41) is 19.6. The molecule has 3 heterocycles. The molecule has 2 fully saturated rings. The van der Waals surface area contributed by atoms with Gasteiger partial charge >= 0.3 is 0 Å². The molecule has 29 heavy (non-hydrogen) atoms. The molecule has 0 bridgehead atoms. The summed E-state index contributed by atoms with van der Waals surface area (Å²) in [7, 11) is 0. The summed E-state index contributed by atoms with van der Waals surface area (Å²) in [6.45, 7) is 5.50. The van der Waals surface area contributed by atoms with Crippen LogP contribution in [-0.2, 0) is 0 Å². The molecule has 8 heteroatoms. The van der Waals surface area contributed by atoms with Crippen molar-refractivity contribution >= 4 is 39.8 Å². The molecular weight excluding hydrogens is 388 g/mol. The number of nitrogens with zero attached hydrogens (tertiary/aromatic N) is 5. The lowest BCUT2D eigenvalue weighted by atomic mass is 9.93. The number of benzene rings is 1. The van der Waals surface area contributed by atoms with Gasteiger partial charge in [0.1, 0.15) is 0 Å². The van der Waals surface area contributed by atoms with Gasteiger partial charge in [-0.1, -0.05) is 11.6 Å². The maximum absolute atomic E-state index is 10.2. The standard InChI is InChI=1S/C21H25ClN6O/c1-13-18(12-24-28(13)15-3-4-15)26-20-23-11-14-9-16(22)19(10-17(14)25-20)27-7-5-21(2,29)6-8-27/h9-12,15,29H,3-8H2,1-2H3,(H,23,25,26). The Morgan fingerprint density at radius 1 is 1.21 bits per heavy atom. The highest BCUT2D eigenvalue weighted by Gasteiger charge is 2.29. The van der Waals surface area contributed by atoms with Crippen LogP contribution in [0, 0.1) is 6.92 Å². The summed E-state index contributed by atoms with van der Waals surface area (Å²) in [6, 6.07) is 4.47. The molecule has 3 aromatic rings. The number of hydrogen-bond donors (Lipinski definition) is 2. The molecule has 152 valence electrons. The Morgan fingerprint density at radius 2 is 1.97 bits per heavy atom. The molecule has 1 saturated carbocycles. The molecular formula is C21H25ClN6O. The number of halogens is 1. The number of piperidine rings is 1. The normalized spacial score (nSPS) is 19.0. The SMILES string of the molecule is Cc1c(Nc2ncc3cc(Cl)c(N4CCC(C)(O)CC4)cc3n2)cnn1C1CC1. The number of hydrogen-bond acceptors (Lipinski definition) is 6. The topological polar surface area (TPSA) is 79.1 Å². The van der Waals surface area contributed by atoms with Crippen LogP contribution in [0.1, 0.15) is 44.3 Å². The first kappa shape index (κ1) is 18.6. The molecule has 1 saturated heterocycles. The highest BCUT2D eigenvalue weighted by atomic mass is 35.5. The zero-order valence-electron chi connectivity index (χ0n) is 16.7. The smallest absolute Gasteiger partial charge is 0.227 e. The van der Waals surface area contributed by atoms with Crippen molar-refractivity contribution in [2.45, 2.75) is 51.2 Å². The number of rotatable bonds is 4. The van der Waals surface area contributed by atoms with Gasteiger partial charge in [-0.05, 0) is 51.7 Å². The van der Waals surface area contributed by atoms with Gasteiger partial charge in [-0.3, -0.25) is 4.68 Å². The fraction of sp³-hybridized carbons (Fsp3) is 0.476. The van der Waals surface area contributed by atoms with Gasteiger partial charge in [0.05, 0.1) is 45.4 Å². The van der Waals surface area contributed by atoms with Gasteiger partial charge < -0.3 is 15.3 Å². The molecule has 0 amide bonds. The van der Waals surface area contributed by atoms with E-state index in [1.165, 1.54) is 12.8 Å². The highest BCUT2D eigenvalue weighted by molar-refractivity contribution is 6.34. The van der Waals surface area contributed by atoms with Crippen LogP contribution in [0.5, 0.6) is 0 Å². The summed E-state index contributed by atoms with van der Waals surface area (Å²) in [4.78, 5) is 11.4. The molecule has 0 atom stereocenters. The Labute approximate surface area is 174 Å². The summed E-state index contributed by atoms with van der Waals surface area (Å²) in [5.74, 6) is 0.547. The van der Waals surface area contributed by atoms with Crippen LogP contribution in [0.15, 0.2) is 24.5 Å². The molecule has 1 aliphatic carbocycles. The number of anilines is 3. The lowest BCUT2D eigenvalue weighted by Crippen LogP contribution is -2.42. The van der Waals surface area contributed by atoms with Crippen LogP contribution in [0.3, 0.4) is 0 Å². The minimum absolute atomic E-state index is 0.540. The lowest BCUT2D eigenvalue weighted by Gasteiger charge is -2.37. The molecule has 0 radical (unpaired) electrons. The maximum atomic E-state index is 10.2. The number of aliphatic hydroxyl groups is 1. The van der Waals surface area contributed by atoms with E-state index in [4.69, 9.17) is 16.6 Å². The molecule has 2 N–H and O–H groups in total. The van der Waals surface area contributed by atoms with Gasteiger partial charge in [0, 0.05) is 24.7 Å². The van der Waals surface area contributed by atoms with Crippen molar-refractivity contribution in [3.8, 4) is 0 Å². The first-order chi connectivity index (χ1) is 13.9. The van der Waals surface area contributed by atoms with Crippen molar-refractivity contribution in [1.29, 1.82) is 0 Å². The van der Waals surface area contributed by atoms with Gasteiger partial charge in [-0.25, -0.2) is 9.97 Å². The fourth-order valence-electron chi connectivity index (χ4n) is 3.93. The Kier molecular flexibility index (Phi) is 4.40. The average Bonchev–Trinajstić information content (AvgIpc) is 3.46. The maximum Gasteiger partial charge on any atom is 0.227 e. The third-order valence-corrected chi connectivity index (χ3v) is 6.32. The Hall–Kier alpha value is -2.38. The van der Waals surface area contributed by atoms with E-state index in [1.54, 1.807) is 6.20 Å². The van der Waals surface area contributed by atoms with E-state index in [-0.39, 0.29) is 0 Å². The Morgan fingerprint density at radius 3 is 2.69 bits per heavy atom. The summed E-state index contributed by atoms with van der Waals surface area (Å²) >= 11 is 6.55. The zero-order chi connectivity index (χ0) is 20.2. The number of aromatic nitrogens is 4.